The summed E-state index contributed by atoms with van der Waals surface area (Å²) < 4.78 is 0. The van der Waals surface area contributed by atoms with Gasteiger partial charge in [0, 0.05) is 11.1 Å². The number of rotatable bonds is 7. The maximum Gasteiger partial charge on any atom is 0.0739 e. The highest BCUT2D eigenvalue weighted by atomic mass is 32.1. The Bertz CT molecular complexity index is 1230. The van der Waals surface area contributed by atoms with E-state index in [2.05, 4.69) is 102 Å². The van der Waals surface area contributed by atoms with Gasteiger partial charge in [-0.3, -0.25) is 0 Å². The Morgan fingerprint density at radius 2 is 1.61 bits per heavy atom. The van der Waals surface area contributed by atoms with E-state index < -0.39 is 0 Å². The van der Waals surface area contributed by atoms with Crippen LogP contribution in [0.25, 0.3) is 17.2 Å². The van der Waals surface area contributed by atoms with Crippen molar-refractivity contribution in [1.82, 2.24) is 0 Å². The van der Waals surface area contributed by atoms with E-state index in [4.69, 9.17) is 0 Å². The Balaban J connectivity index is 1.42. The molecular formula is C31H29NS. The monoisotopic (exact) mass is 447 g/mol. The Kier molecular flexibility index (Phi) is 8.04. The molecule has 0 spiro atoms. The first kappa shape index (κ1) is 22.9. The van der Waals surface area contributed by atoms with Crippen molar-refractivity contribution in [3.63, 3.8) is 0 Å². The fourth-order valence-electron chi connectivity index (χ4n) is 4.21. The molecule has 1 nitrogen and oxygen atoms in total. The predicted molar refractivity (Wildman–Crippen MR) is 144 cm³/mol. The lowest BCUT2D eigenvalue weighted by Gasteiger charge is -2.15. The second-order valence-corrected chi connectivity index (χ2v) is 8.77. The number of unbranched alkanes of at least 4 members (excludes halogenated alkanes) is 3. The number of hydrogen-bond donors (Lipinski definition) is 0. The fraction of sp³-hybridized carbons (Fsp3) is 0.258. The van der Waals surface area contributed by atoms with Gasteiger partial charge in [0.1, 0.15) is 0 Å². The zero-order chi connectivity index (χ0) is 22.9. The number of thiocarbonyl (C=S) groups is 1. The van der Waals surface area contributed by atoms with E-state index in [1.54, 1.807) is 0 Å². The highest BCUT2D eigenvalue weighted by Crippen LogP contribution is 2.29. The molecule has 0 unspecified atom stereocenters. The summed E-state index contributed by atoms with van der Waals surface area (Å²) in [7, 11) is 0. The van der Waals surface area contributed by atoms with Crippen LogP contribution in [0.5, 0.6) is 0 Å². The van der Waals surface area contributed by atoms with Crippen molar-refractivity contribution in [1.29, 1.82) is 0 Å². The zero-order valence-electron chi connectivity index (χ0n) is 19.2. The van der Waals surface area contributed by atoms with Crippen LogP contribution in [0.15, 0.2) is 77.3 Å². The maximum absolute atomic E-state index is 4.68. The smallest absolute Gasteiger partial charge is 0.0739 e. The molecule has 33 heavy (non-hydrogen) atoms. The molecule has 164 valence electrons. The quantitative estimate of drug-likeness (QED) is 0.153. The maximum atomic E-state index is 4.68. The Morgan fingerprint density at radius 3 is 2.36 bits per heavy atom. The Hall–Kier alpha value is -3.24. The summed E-state index contributed by atoms with van der Waals surface area (Å²) in [4.78, 5) is 4.03. The van der Waals surface area contributed by atoms with Crippen LogP contribution in [0.2, 0.25) is 0 Å². The number of isothiocyanates is 1. The van der Waals surface area contributed by atoms with Crippen molar-refractivity contribution >= 4 is 29.1 Å². The van der Waals surface area contributed by atoms with Crippen molar-refractivity contribution in [2.24, 2.45) is 4.99 Å². The lowest BCUT2D eigenvalue weighted by molar-refractivity contribution is 0.667. The van der Waals surface area contributed by atoms with Crippen LogP contribution in [0, 0.1) is 11.8 Å². The third-order valence-electron chi connectivity index (χ3n) is 6.15. The Labute approximate surface area is 203 Å². The van der Waals surface area contributed by atoms with E-state index in [-0.39, 0.29) is 0 Å². The summed E-state index contributed by atoms with van der Waals surface area (Å²) in [5, 5.41) is 2.41. The number of aryl methyl sites for hydroxylation is 2. The topological polar surface area (TPSA) is 12.4 Å². The van der Waals surface area contributed by atoms with Crippen molar-refractivity contribution in [3.8, 4) is 23.0 Å². The second kappa shape index (κ2) is 11.6. The van der Waals surface area contributed by atoms with Gasteiger partial charge in [-0.2, -0.15) is 4.99 Å². The molecule has 0 atom stereocenters. The third-order valence-corrected chi connectivity index (χ3v) is 6.24. The number of allylic oxidation sites excluding steroid dienone is 1. The predicted octanol–water partition coefficient (Wildman–Crippen LogP) is 8.59. The average molecular weight is 448 g/mol. The summed E-state index contributed by atoms with van der Waals surface area (Å²) in [6, 6.07) is 23.6. The van der Waals surface area contributed by atoms with Gasteiger partial charge >= 0.3 is 0 Å². The van der Waals surface area contributed by atoms with Crippen LogP contribution in [0.3, 0.4) is 0 Å². The number of nitrogens with zero attached hydrogens (tertiary/aromatic N) is 1. The number of hydrogen-bond acceptors (Lipinski definition) is 2. The van der Waals surface area contributed by atoms with Crippen LogP contribution in [0.1, 0.15) is 61.3 Å². The van der Waals surface area contributed by atoms with Crippen molar-refractivity contribution in [2.75, 3.05) is 0 Å². The molecule has 3 aromatic rings. The molecule has 0 N–H and O–H groups in total. The standard InChI is InChI=1S/C31H29NS/c1-2-3-4-5-6-24-7-9-25(10-8-24)11-12-26-13-14-30-22-29(16-15-28(30)21-26)27-17-19-31(20-18-27)32-23-33/h7-10,15-22H,2-6,13-14H2,1H3. The van der Waals surface area contributed by atoms with Crippen molar-refractivity contribution < 1.29 is 0 Å². The van der Waals surface area contributed by atoms with Gasteiger partial charge in [0.05, 0.1) is 10.8 Å². The van der Waals surface area contributed by atoms with Crippen LogP contribution in [-0.2, 0) is 12.8 Å². The number of fused-ring (bicyclic) bond motifs is 1. The lowest BCUT2D eigenvalue weighted by atomic mass is 9.89. The molecule has 0 saturated carbocycles. The molecule has 1 aliphatic carbocycles. The first-order valence-corrected chi connectivity index (χ1v) is 12.3. The van der Waals surface area contributed by atoms with Gasteiger partial charge in [-0.05, 0) is 96.1 Å². The first-order valence-electron chi connectivity index (χ1n) is 11.9. The number of benzene rings is 3. The normalized spacial score (nSPS) is 12.1. The molecule has 0 fully saturated rings. The van der Waals surface area contributed by atoms with E-state index in [1.165, 1.54) is 65.5 Å². The molecule has 1 aliphatic rings. The first-order chi connectivity index (χ1) is 16.2. The third kappa shape index (κ3) is 6.39. The zero-order valence-corrected chi connectivity index (χ0v) is 20.0. The van der Waals surface area contributed by atoms with E-state index in [0.29, 0.717) is 0 Å². The van der Waals surface area contributed by atoms with Crippen molar-refractivity contribution in [3.05, 3.63) is 94.6 Å². The molecule has 0 heterocycles. The largest absolute Gasteiger partial charge is 0.195 e. The van der Waals surface area contributed by atoms with Gasteiger partial charge in [-0.25, -0.2) is 0 Å². The molecule has 0 bridgehead atoms. The van der Waals surface area contributed by atoms with E-state index in [1.807, 2.05) is 12.1 Å². The van der Waals surface area contributed by atoms with E-state index in [0.717, 1.165) is 24.1 Å². The summed E-state index contributed by atoms with van der Waals surface area (Å²) in [5.74, 6) is 6.77. The summed E-state index contributed by atoms with van der Waals surface area (Å²) in [6.45, 7) is 2.25. The van der Waals surface area contributed by atoms with Crippen LogP contribution in [-0.4, -0.2) is 5.16 Å². The van der Waals surface area contributed by atoms with Gasteiger partial charge in [0.2, 0.25) is 0 Å². The number of aliphatic imine (C=N–C) groups is 1. The molecular weight excluding hydrogens is 418 g/mol. The molecule has 0 radical (unpaired) electrons. The lowest BCUT2D eigenvalue weighted by Crippen LogP contribution is -1.98. The van der Waals surface area contributed by atoms with Crippen molar-refractivity contribution in [2.45, 2.75) is 51.9 Å². The summed E-state index contributed by atoms with van der Waals surface area (Å²) in [5.41, 5.74) is 9.62. The molecule has 4 rings (SSSR count). The molecule has 0 amide bonds. The SMILES string of the molecule is CCCCCCc1ccc(C#CC2=Cc3ccc(-c4ccc(N=C=S)cc4)cc3CC2)cc1. The highest BCUT2D eigenvalue weighted by Gasteiger charge is 2.10. The fourth-order valence-corrected chi connectivity index (χ4v) is 4.32. The molecule has 0 aromatic heterocycles. The van der Waals surface area contributed by atoms with Gasteiger partial charge < -0.3 is 0 Å². The highest BCUT2D eigenvalue weighted by molar-refractivity contribution is 7.78. The van der Waals surface area contributed by atoms with Crippen LogP contribution in [0.4, 0.5) is 5.69 Å². The second-order valence-electron chi connectivity index (χ2n) is 8.59. The molecule has 0 saturated heterocycles. The van der Waals surface area contributed by atoms with Crippen LogP contribution < -0.4 is 0 Å². The molecule has 2 heteroatoms. The summed E-state index contributed by atoms with van der Waals surface area (Å²) in [6.07, 6.45) is 10.6. The van der Waals surface area contributed by atoms with Crippen LogP contribution >= 0.6 is 12.2 Å². The molecule has 0 aliphatic heterocycles. The minimum absolute atomic E-state index is 0.833. The van der Waals surface area contributed by atoms with Gasteiger partial charge in [0.25, 0.3) is 0 Å². The minimum atomic E-state index is 0.833. The Morgan fingerprint density at radius 1 is 0.818 bits per heavy atom. The van der Waals surface area contributed by atoms with E-state index in [9.17, 15) is 0 Å². The van der Waals surface area contributed by atoms with Gasteiger partial charge in [-0.15, -0.1) is 0 Å². The van der Waals surface area contributed by atoms with Gasteiger partial charge in [0.15, 0.2) is 0 Å². The molecule has 3 aromatic carbocycles. The minimum Gasteiger partial charge on any atom is -0.195 e. The van der Waals surface area contributed by atoms with E-state index >= 15 is 0 Å². The average Bonchev–Trinajstić information content (AvgIpc) is 2.86. The van der Waals surface area contributed by atoms with Gasteiger partial charge in [-0.1, -0.05) is 80.5 Å². The summed E-state index contributed by atoms with van der Waals surface area (Å²) >= 11 is 4.68.